The number of nitrogens with zero attached hydrogens (tertiary/aromatic N) is 2. The van der Waals surface area contributed by atoms with E-state index in [0.717, 1.165) is 31.4 Å². The number of nitrogens with one attached hydrogen (secondary N) is 1. The van der Waals surface area contributed by atoms with E-state index in [-0.39, 0.29) is 17.7 Å². The average Bonchev–Trinajstić information content (AvgIpc) is 2.93. The van der Waals surface area contributed by atoms with Gasteiger partial charge in [0.1, 0.15) is 0 Å². The van der Waals surface area contributed by atoms with Crippen molar-refractivity contribution in [2.45, 2.75) is 51.7 Å². The van der Waals surface area contributed by atoms with Gasteiger partial charge in [0, 0.05) is 31.1 Å². The van der Waals surface area contributed by atoms with Gasteiger partial charge in [0.15, 0.2) is 0 Å². The monoisotopic (exact) mass is 335 g/mol. The van der Waals surface area contributed by atoms with E-state index in [4.69, 9.17) is 0 Å². The largest absolute Gasteiger partial charge is 0.393 e. The smallest absolute Gasteiger partial charge is 0.271 e. The number of hydrogen-bond donors (Lipinski definition) is 2. The van der Waals surface area contributed by atoms with Crippen LogP contribution in [0.15, 0.2) is 18.2 Å². The molecule has 0 radical (unpaired) electrons. The molecule has 2 rings (SSSR count). The van der Waals surface area contributed by atoms with Crippen LogP contribution in [0.4, 0.5) is 11.4 Å². The summed E-state index contributed by atoms with van der Waals surface area (Å²) in [5, 5.41) is 23.1. The molecule has 0 aromatic heterocycles. The number of rotatable bonds is 7. The highest BCUT2D eigenvalue weighted by Gasteiger charge is 2.25. The number of likely N-dealkylation sites (tertiary alicyclic amines) is 1. The molecule has 7 heteroatoms. The summed E-state index contributed by atoms with van der Waals surface area (Å²) in [6, 6.07) is 4.78. The second kappa shape index (κ2) is 8.21. The Hall–Kier alpha value is -1.99. The number of nitro benzene ring substituents is 1. The fourth-order valence-corrected chi connectivity index (χ4v) is 3.17. The Bertz CT molecular complexity index is 603. The van der Waals surface area contributed by atoms with Crippen molar-refractivity contribution in [2.24, 2.45) is 0 Å². The first-order valence-corrected chi connectivity index (χ1v) is 8.34. The van der Waals surface area contributed by atoms with Crippen LogP contribution >= 0.6 is 0 Å². The third-order valence-corrected chi connectivity index (χ3v) is 4.44. The van der Waals surface area contributed by atoms with Gasteiger partial charge in [-0.3, -0.25) is 19.8 Å². The molecular weight excluding hydrogens is 310 g/mol. The Balaban J connectivity index is 1.89. The standard InChI is InChI=1S/C17H25N3O4/c1-12-5-6-15(20(23)24)11-16(12)18-17(22)7-9-19-8-3-4-14(19)10-13(2)21/h5-6,11,13-14,21H,3-4,7-10H2,1-2H3,(H,18,22). The van der Waals surface area contributed by atoms with Crippen LogP contribution in [0.3, 0.4) is 0 Å². The molecule has 1 aliphatic rings. The zero-order chi connectivity index (χ0) is 17.7. The quantitative estimate of drug-likeness (QED) is 0.589. The molecular formula is C17H25N3O4. The number of nitro groups is 1. The second-order valence-corrected chi connectivity index (χ2v) is 6.47. The maximum Gasteiger partial charge on any atom is 0.271 e. The maximum absolute atomic E-state index is 12.2. The Morgan fingerprint density at radius 1 is 1.54 bits per heavy atom. The van der Waals surface area contributed by atoms with Gasteiger partial charge in [-0.2, -0.15) is 0 Å². The van der Waals surface area contributed by atoms with Gasteiger partial charge in [-0.25, -0.2) is 0 Å². The summed E-state index contributed by atoms with van der Waals surface area (Å²) in [4.78, 5) is 24.8. The third kappa shape index (κ3) is 5.01. The van der Waals surface area contributed by atoms with Gasteiger partial charge in [0.05, 0.1) is 16.7 Å². The van der Waals surface area contributed by atoms with E-state index in [1.165, 1.54) is 12.1 Å². The third-order valence-electron chi connectivity index (χ3n) is 4.44. The lowest BCUT2D eigenvalue weighted by atomic mass is 10.1. The molecule has 1 aliphatic heterocycles. The fraction of sp³-hybridized carbons (Fsp3) is 0.588. The number of carbonyl (C=O) groups excluding carboxylic acids is 1. The van der Waals surface area contributed by atoms with Crippen molar-refractivity contribution in [3.63, 3.8) is 0 Å². The van der Waals surface area contributed by atoms with Crippen LogP contribution in [0.25, 0.3) is 0 Å². The van der Waals surface area contributed by atoms with E-state index in [1.54, 1.807) is 19.9 Å². The Morgan fingerprint density at radius 2 is 2.29 bits per heavy atom. The first-order valence-electron chi connectivity index (χ1n) is 8.34. The van der Waals surface area contributed by atoms with Crippen molar-refractivity contribution in [1.82, 2.24) is 4.90 Å². The highest BCUT2D eigenvalue weighted by atomic mass is 16.6. The fourth-order valence-electron chi connectivity index (χ4n) is 3.17. The van der Waals surface area contributed by atoms with E-state index in [0.29, 0.717) is 24.7 Å². The molecule has 1 aromatic carbocycles. The number of aliphatic hydroxyl groups is 1. The average molecular weight is 335 g/mol. The molecule has 2 unspecified atom stereocenters. The number of amides is 1. The highest BCUT2D eigenvalue weighted by Crippen LogP contribution is 2.23. The van der Waals surface area contributed by atoms with Crippen LogP contribution in [0.5, 0.6) is 0 Å². The number of carbonyl (C=O) groups is 1. The molecule has 2 N–H and O–H groups in total. The lowest BCUT2D eigenvalue weighted by Crippen LogP contribution is -2.34. The maximum atomic E-state index is 12.2. The molecule has 132 valence electrons. The number of hydrogen-bond acceptors (Lipinski definition) is 5. The van der Waals surface area contributed by atoms with Gasteiger partial charge in [0.25, 0.3) is 5.69 Å². The summed E-state index contributed by atoms with van der Waals surface area (Å²) in [6.45, 7) is 5.17. The van der Waals surface area contributed by atoms with E-state index < -0.39 is 4.92 Å². The summed E-state index contributed by atoms with van der Waals surface area (Å²) in [6.07, 6.45) is 2.86. The van der Waals surface area contributed by atoms with Crippen molar-refractivity contribution >= 4 is 17.3 Å². The van der Waals surface area contributed by atoms with Gasteiger partial charge in [-0.1, -0.05) is 6.07 Å². The van der Waals surface area contributed by atoms with Gasteiger partial charge in [-0.15, -0.1) is 0 Å². The normalized spacial score (nSPS) is 19.2. The molecule has 1 fully saturated rings. The predicted octanol–water partition coefficient (Wildman–Crippen LogP) is 2.47. The van der Waals surface area contributed by atoms with Crippen molar-refractivity contribution in [1.29, 1.82) is 0 Å². The highest BCUT2D eigenvalue weighted by molar-refractivity contribution is 5.92. The summed E-state index contributed by atoms with van der Waals surface area (Å²) in [5.41, 5.74) is 1.24. The number of aryl methyl sites for hydroxylation is 1. The molecule has 0 spiro atoms. The molecule has 0 aliphatic carbocycles. The minimum Gasteiger partial charge on any atom is -0.393 e. The van der Waals surface area contributed by atoms with Gasteiger partial charge < -0.3 is 10.4 Å². The van der Waals surface area contributed by atoms with Crippen molar-refractivity contribution in [3.8, 4) is 0 Å². The van der Waals surface area contributed by atoms with Crippen LogP contribution in [0, 0.1) is 17.0 Å². The summed E-state index contributed by atoms with van der Waals surface area (Å²) in [7, 11) is 0. The van der Waals surface area contributed by atoms with E-state index >= 15 is 0 Å². The van der Waals surface area contributed by atoms with Gasteiger partial charge in [-0.05, 0) is 45.2 Å². The number of benzene rings is 1. The van der Waals surface area contributed by atoms with Gasteiger partial charge >= 0.3 is 0 Å². The molecule has 7 nitrogen and oxygen atoms in total. The zero-order valence-electron chi connectivity index (χ0n) is 14.2. The van der Waals surface area contributed by atoms with Crippen molar-refractivity contribution in [3.05, 3.63) is 33.9 Å². The van der Waals surface area contributed by atoms with Gasteiger partial charge in [0.2, 0.25) is 5.91 Å². The molecule has 1 saturated heterocycles. The molecule has 1 aromatic rings. The van der Waals surface area contributed by atoms with Crippen LogP contribution in [0.2, 0.25) is 0 Å². The molecule has 1 amide bonds. The molecule has 24 heavy (non-hydrogen) atoms. The van der Waals surface area contributed by atoms with Crippen LogP contribution in [0.1, 0.15) is 38.2 Å². The predicted molar refractivity (Wildman–Crippen MR) is 92.0 cm³/mol. The van der Waals surface area contributed by atoms with Crippen molar-refractivity contribution in [2.75, 3.05) is 18.4 Å². The topological polar surface area (TPSA) is 95.7 Å². The van der Waals surface area contributed by atoms with Crippen LogP contribution < -0.4 is 5.32 Å². The summed E-state index contributed by atoms with van der Waals surface area (Å²) < 4.78 is 0. The molecule has 2 atom stereocenters. The Labute approximate surface area is 141 Å². The summed E-state index contributed by atoms with van der Waals surface area (Å²) in [5.74, 6) is -0.152. The van der Waals surface area contributed by atoms with E-state index in [9.17, 15) is 20.0 Å². The van der Waals surface area contributed by atoms with Crippen LogP contribution in [-0.4, -0.2) is 46.1 Å². The Kier molecular flexibility index (Phi) is 6.28. The number of non-ortho nitro benzene ring substituents is 1. The second-order valence-electron chi connectivity index (χ2n) is 6.47. The Morgan fingerprint density at radius 3 is 2.96 bits per heavy atom. The van der Waals surface area contributed by atoms with Crippen molar-refractivity contribution < 1.29 is 14.8 Å². The van der Waals surface area contributed by atoms with E-state index in [2.05, 4.69) is 10.2 Å². The SMILES string of the molecule is Cc1ccc([N+](=O)[O-])cc1NC(=O)CCN1CCCC1CC(C)O. The number of aliphatic hydroxyl groups excluding tert-OH is 1. The molecule has 1 heterocycles. The van der Waals surface area contributed by atoms with E-state index in [1.807, 2.05) is 0 Å². The summed E-state index contributed by atoms with van der Waals surface area (Å²) >= 11 is 0. The van der Waals surface area contributed by atoms with Crippen LogP contribution in [-0.2, 0) is 4.79 Å². The first-order chi connectivity index (χ1) is 11.4. The number of anilines is 1. The minimum atomic E-state index is -0.472. The molecule has 0 saturated carbocycles. The first kappa shape index (κ1) is 18.4. The zero-order valence-corrected chi connectivity index (χ0v) is 14.2. The molecule has 0 bridgehead atoms. The lowest BCUT2D eigenvalue weighted by Gasteiger charge is -2.25. The minimum absolute atomic E-state index is 0.0348. The lowest BCUT2D eigenvalue weighted by molar-refractivity contribution is -0.384.